The number of pyridine rings is 1. The quantitative estimate of drug-likeness (QED) is 0.653. The van der Waals surface area contributed by atoms with Crippen LogP contribution in [0.2, 0.25) is 0 Å². The predicted octanol–water partition coefficient (Wildman–Crippen LogP) is 0.762. The molecule has 2 amide bonds. The number of rotatable bonds is 4. The number of carbonyl (C=O) groups is 1. The van der Waals surface area contributed by atoms with Crippen LogP contribution >= 0.6 is 24.8 Å². The topological polar surface area (TPSA) is 92.1 Å². The number of nitrogens with zero attached hydrogens (tertiary/aromatic N) is 1. The lowest BCUT2D eigenvalue weighted by molar-refractivity contribution is 0.205. The zero-order valence-electron chi connectivity index (χ0n) is 11.8. The Bertz CT molecular complexity index is 412. The molecular formula is C13H23Cl2N5O. The fraction of sp³-hybridized carbons (Fsp3) is 0.538. The minimum atomic E-state index is -0.384. The van der Waals surface area contributed by atoms with Gasteiger partial charge in [0.2, 0.25) is 0 Å². The molecule has 1 saturated heterocycles. The smallest absolute Gasteiger partial charge is 0.315 e. The Hall–Kier alpha value is -1.08. The second-order valence-corrected chi connectivity index (χ2v) is 4.72. The molecule has 1 aliphatic rings. The number of piperidine rings is 1. The summed E-state index contributed by atoms with van der Waals surface area (Å²) in [4.78, 5) is 16.3. The van der Waals surface area contributed by atoms with Crippen LogP contribution in [0.15, 0.2) is 24.4 Å². The van der Waals surface area contributed by atoms with Crippen LogP contribution in [0.4, 0.5) is 4.79 Å². The number of amides is 2. The maximum atomic E-state index is 11.9. The molecule has 1 aliphatic heterocycles. The van der Waals surface area contributed by atoms with E-state index >= 15 is 0 Å². The van der Waals surface area contributed by atoms with Crippen LogP contribution in [0.1, 0.15) is 18.5 Å². The molecule has 1 aromatic rings. The van der Waals surface area contributed by atoms with Crippen molar-refractivity contribution in [1.29, 1.82) is 0 Å². The van der Waals surface area contributed by atoms with Crippen molar-refractivity contribution in [2.45, 2.75) is 18.4 Å². The first-order chi connectivity index (χ1) is 9.27. The normalized spacial score (nSPS) is 16.0. The van der Waals surface area contributed by atoms with Crippen molar-refractivity contribution in [3.63, 3.8) is 0 Å². The van der Waals surface area contributed by atoms with Gasteiger partial charge in [0.25, 0.3) is 0 Å². The second-order valence-electron chi connectivity index (χ2n) is 4.72. The number of hydrogen-bond acceptors (Lipinski definition) is 4. The molecule has 21 heavy (non-hydrogen) atoms. The number of urea groups is 1. The first kappa shape index (κ1) is 19.9. The molecular weight excluding hydrogens is 313 g/mol. The van der Waals surface area contributed by atoms with Gasteiger partial charge in [0.1, 0.15) is 0 Å². The van der Waals surface area contributed by atoms with Gasteiger partial charge in [-0.05, 0) is 38.1 Å². The van der Waals surface area contributed by atoms with Gasteiger partial charge in [0, 0.05) is 19.3 Å². The molecule has 120 valence electrons. The molecule has 6 nitrogen and oxygen atoms in total. The van der Waals surface area contributed by atoms with Crippen molar-refractivity contribution >= 4 is 30.8 Å². The third-order valence-corrected chi connectivity index (χ3v) is 3.40. The summed E-state index contributed by atoms with van der Waals surface area (Å²) in [6.07, 6.45) is 3.43. The Kier molecular flexibility index (Phi) is 9.28. The van der Waals surface area contributed by atoms with Crippen LogP contribution in [-0.2, 0) is 5.54 Å². The Morgan fingerprint density at radius 2 is 2.05 bits per heavy atom. The summed E-state index contributed by atoms with van der Waals surface area (Å²) in [6, 6.07) is 5.62. The highest BCUT2D eigenvalue weighted by molar-refractivity contribution is 5.85. The molecule has 5 N–H and O–H groups in total. The minimum Gasteiger partial charge on any atom is -0.337 e. The number of carbonyl (C=O) groups excluding carboxylic acids is 1. The Balaban J connectivity index is 0.00000200. The SMILES string of the molecule is Cl.Cl.NCCNC(=O)NC1(c2ccccn2)CCNCC1. The third-order valence-electron chi connectivity index (χ3n) is 3.40. The Morgan fingerprint density at radius 3 is 2.62 bits per heavy atom. The summed E-state index contributed by atoms with van der Waals surface area (Å²) in [5.74, 6) is 0. The van der Waals surface area contributed by atoms with Crippen LogP contribution in [0, 0.1) is 0 Å². The van der Waals surface area contributed by atoms with Crippen molar-refractivity contribution in [3.05, 3.63) is 30.1 Å². The highest BCUT2D eigenvalue weighted by atomic mass is 35.5. The lowest BCUT2D eigenvalue weighted by atomic mass is 9.84. The fourth-order valence-electron chi connectivity index (χ4n) is 2.39. The molecule has 2 rings (SSSR count). The van der Waals surface area contributed by atoms with Gasteiger partial charge in [0.05, 0.1) is 11.2 Å². The van der Waals surface area contributed by atoms with E-state index in [0.29, 0.717) is 13.1 Å². The molecule has 0 bridgehead atoms. The summed E-state index contributed by atoms with van der Waals surface area (Å²) >= 11 is 0. The van der Waals surface area contributed by atoms with Gasteiger partial charge < -0.3 is 21.7 Å². The molecule has 0 aromatic carbocycles. The maximum Gasteiger partial charge on any atom is 0.315 e. The molecule has 1 aromatic heterocycles. The van der Waals surface area contributed by atoms with Gasteiger partial charge in [-0.1, -0.05) is 6.07 Å². The molecule has 0 radical (unpaired) electrons. The highest BCUT2D eigenvalue weighted by Gasteiger charge is 2.36. The largest absolute Gasteiger partial charge is 0.337 e. The summed E-state index contributed by atoms with van der Waals surface area (Å²) < 4.78 is 0. The average molecular weight is 336 g/mol. The molecule has 1 fully saturated rings. The monoisotopic (exact) mass is 335 g/mol. The van der Waals surface area contributed by atoms with Gasteiger partial charge in [-0.3, -0.25) is 4.98 Å². The van der Waals surface area contributed by atoms with Gasteiger partial charge in [-0.25, -0.2) is 4.79 Å². The lowest BCUT2D eigenvalue weighted by Crippen LogP contribution is -2.55. The van der Waals surface area contributed by atoms with Gasteiger partial charge in [-0.15, -0.1) is 24.8 Å². The van der Waals surface area contributed by atoms with E-state index in [1.807, 2.05) is 18.2 Å². The first-order valence-electron chi connectivity index (χ1n) is 6.65. The van der Waals surface area contributed by atoms with Crippen molar-refractivity contribution < 1.29 is 4.79 Å². The van der Waals surface area contributed by atoms with Crippen LogP contribution in [0.25, 0.3) is 0 Å². The van der Waals surface area contributed by atoms with E-state index in [-0.39, 0.29) is 36.4 Å². The van der Waals surface area contributed by atoms with Crippen LogP contribution < -0.4 is 21.7 Å². The van der Waals surface area contributed by atoms with Crippen molar-refractivity contribution in [3.8, 4) is 0 Å². The second kappa shape index (κ2) is 9.78. The van der Waals surface area contributed by atoms with E-state index < -0.39 is 0 Å². The Morgan fingerprint density at radius 1 is 1.33 bits per heavy atom. The summed E-state index contributed by atoms with van der Waals surface area (Å²) in [5, 5.41) is 9.13. The first-order valence-corrected chi connectivity index (χ1v) is 6.65. The van der Waals surface area contributed by atoms with Crippen molar-refractivity contribution in [1.82, 2.24) is 20.9 Å². The molecule has 8 heteroatoms. The molecule has 0 unspecified atom stereocenters. The van der Waals surface area contributed by atoms with E-state index in [4.69, 9.17) is 5.73 Å². The molecule has 0 saturated carbocycles. The Labute approximate surface area is 137 Å². The van der Waals surface area contributed by atoms with E-state index in [2.05, 4.69) is 20.9 Å². The number of halogens is 2. The van der Waals surface area contributed by atoms with Gasteiger partial charge in [-0.2, -0.15) is 0 Å². The van der Waals surface area contributed by atoms with E-state index in [1.165, 1.54) is 0 Å². The maximum absolute atomic E-state index is 11.9. The number of nitrogens with two attached hydrogens (primary N) is 1. The minimum absolute atomic E-state index is 0. The zero-order chi connectivity index (χ0) is 13.6. The molecule has 0 spiro atoms. The van der Waals surface area contributed by atoms with Gasteiger partial charge in [0.15, 0.2) is 0 Å². The number of hydrogen-bond donors (Lipinski definition) is 4. The molecule has 2 heterocycles. The summed E-state index contributed by atoms with van der Waals surface area (Å²) in [6.45, 7) is 2.65. The predicted molar refractivity (Wildman–Crippen MR) is 88.1 cm³/mol. The highest BCUT2D eigenvalue weighted by Crippen LogP contribution is 2.28. The third kappa shape index (κ3) is 5.32. The van der Waals surface area contributed by atoms with Crippen LogP contribution in [0.5, 0.6) is 0 Å². The summed E-state index contributed by atoms with van der Waals surface area (Å²) in [5.41, 5.74) is 5.92. The van der Waals surface area contributed by atoms with Crippen molar-refractivity contribution in [2.24, 2.45) is 5.73 Å². The fourth-order valence-corrected chi connectivity index (χ4v) is 2.39. The molecule has 0 atom stereocenters. The number of nitrogens with one attached hydrogen (secondary N) is 3. The lowest BCUT2D eigenvalue weighted by Gasteiger charge is -2.37. The van der Waals surface area contributed by atoms with E-state index in [0.717, 1.165) is 31.6 Å². The van der Waals surface area contributed by atoms with Crippen molar-refractivity contribution in [2.75, 3.05) is 26.2 Å². The van der Waals surface area contributed by atoms with Gasteiger partial charge >= 0.3 is 6.03 Å². The molecule has 0 aliphatic carbocycles. The summed E-state index contributed by atoms with van der Waals surface area (Å²) in [7, 11) is 0. The zero-order valence-corrected chi connectivity index (χ0v) is 13.4. The average Bonchev–Trinajstić information content (AvgIpc) is 2.47. The van der Waals surface area contributed by atoms with E-state index in [1.54, 1.807) is 6.20 Å². The van der Waals surface area contributed by atoms with Crippen LogP contribution in [0.3, 0.4) is 0 Å². The number of aromatic nitrogens is 1. The van der Waals surface area contributed by atoms with E-state index in [9.17, 15) is 4.79 Å². The standard InChI is InChI=1S/C13H21N5O.2ClH/c14-6-10-17-12(19)18-13(4-8-15-9-5-13)11-3-1-2-7-16-11;;/h1-3,7,15H,4-6,8-10,14H2,(H2,17,18,19);2*1H. The van der Waals surface area contributed by atoms with Crippen LogP contribution in [-0.4, -0.2) is 37.2 Å².